The fourth-order valence-electron chi connectivity index (χ4n) is 2.25. The largest absolute Gasteiger partial charge is 0.493 e. The first-order chi connectivity index (χ1) is 13.8. The Hall–Kier alpha value is -3.76. The molecule has 0 saturated carbocycles. The number of aromatic nitrogens is 3. The number of nitrogens with one attached hydrogen (secondary N) is 1. The lowest BCUT2D eigenvalue weighted by Crippen LogP contribution is -2.16. The maximum absolute atomic E-state index is 13.4. The molecule has 1 aromatic carbocycles. The first-order valence-electron chi connectivity index (χ1n) is 7.94. The van der Waals surface area contributed by atoms with E-state index in [9.17, 15) is 22.4 Å². The first kappa shape index (κ1) is 20.0. The van der Waals surface area contributed by atoms with E-state index in [1.807, 2.05) is 0 Å². The molecule has 0 bridgehead atoms. The molecule has 1 N–H and O–H groups in total. The van der Waals surface area contributed by atoms with E-state index in [0.29, 0.717) is 6.07 Å². The fraction of sp³-hybridized carbons (Fsp3) is 0.111. The molecule has 0 spiro atoms. The number of anilines is 1. The summed E-state index contributed by atoms with van der Waals surface area (Å²) in [5.74, 6) is -2.04. The van der Waals surface area contributed by atoms with Gasteiger partial charge in [-0.15, -0.1) is 0 Å². The first-order valence-corrected chi connectivity index (χ1v) is 7.94. The van der Waals surface area contributed by atoms with Gasteiger partial charge < -0.3 is 14.8 Å². The number of rotatable bonds is 5. The summed E-state index contributed by atoms with van der Waals surface area (Å²) < 4.78 is 63.0. The minimum atomic E-state index is -4.77. The van der Waals surface area contributed by atoms with Crippen LogP contribution in [0.4, 0.5) is 23.2 Å². The van der Waals surface area contributed by atoms with E-state index < -0.39 is 29.3 Å². The second kappa shape index (κ2) is 8.09. The van der Waals surface area contributed by atoms with Crippen LogP contribution in [0.1, 0.15) is 16.1 Å². The Morgan fingerprint density at radius 1 is 1.03 bits per heavy atom. The van der Waals surface area contributed by atoms with Gasteiger partial charge in [-0.3, -0.25) is 9.78 Å². The lowest BCUT2D eigenvalue weighted by Gasteiger charge is -2.15. The molecule has 2 aromatic heterocycles. The highest BCUT2D eigenvalue weighted by molar-refractivity contribution is 6.06. The molecule has 0 aliphatic rings. The van der Waals surface area contributed by atoms with Gasteiger partial charge in [0.2, 0.25) is 0 Å². The van der Waals surface area contributed by atoms with Gasteiger partial charge >= 0.3 is 6.18 Å². The third-order valence-corrected chi connectivity index (χ3v) is 3.59. The van der Waals surface area contributed by atoms with Crippen molar-refractivity contribution in [3.05, 3.63) is 66.0 Å². The number of halogens is 4. The third-order valence-electron chi connectivity index (χ3n) is 3.59. The molecule has 3 rings (SSSR count). The van der Waals surface area contributed by atoms with Crippen molar-refractivity contribution in [2.45, 2.75) is 6.18 Å². The number of hydrogen-bond donors (Lipinski definition) is 1. The maximum Gasteiger partial charge on any atom is 0.433 e. The van der Waals surface area contributed by atoms with E-state index >= 15 is 0 Å². The average molecular weight is 408 g/mol. The number of nitrogens with zero attached hydrogens (tertiary/aromatic N) is 3. The van der Waals surface area contributed by atoms with E-state index in [1.54, 1.807) is 0 Å². The highest BCUT2D eigenvalue weighted by Crippen LogP contribution is 2.36. The lowest BCUT2D eigenvalue weighted by atomic mass is 10.2. The summed E-state index contributed by atoms with van der Waals surface area (Å²) in [6, 6.07) is 5.19. The van der Waals surface area contributed by atoms with Crippen LogP contribution in [0.3, 0.4) is 0 Å². The van der Waals surface area contributed by atoms with Crippen LogP contribution in [0, 0.1) is 5.82 Å². The van der Waals surface area contributed by atoms with Gasteiger partial charge in [-0.2, -0.15) is 23.4 Å². The summed E-state index contributed by atoms with van der Waals surface area (Å²) in [5.41, 5.74) is -1.30. The normalized spacial score (nSPS) is 11.1. The molecule has 0 aliphatic heterocycles. The molecule has 1 amide bonds. The van der Waals surface area contributed by atoms with Gasteiger partial charge in [0.05, 0.1) is 25.2 Å². The smallest absolute Gasteiger partial charge is 0.433 e. The molecule has 0 radical (unpaired) electrons. The zero-order valence-corrected chi connectivity index (χ0v) is 14.7. The van der Waals surface area contributed by atoms with Crippen LogP contribution in [0.25, 0.3) is 0 Å². The van der Waals surface area contributed by atoms with Gasteiger partial charge in [0.25, 0.3) is 5.91 Å². The van der Waals surface area contributed by atoms with Crippen LogP contribution in [0.5, 0.6) is 17.2 Å². The van der Waals surface area contributed by atoms with Crippen molar-refractivity contribution in [1.82, 2.24) is 15.2 Å². The predicted octanol–water partition coefficient (Wildman–Crippen LogP) is 4.08. The number of alkyl halides is 3. The van der Waals surface area contributed by atoms with E-state index in [1.165, 1.54) is 25.6 Å². The van der Waals surface area contributed by atoms with Crippen molar-refractivity contribution in [1.29, 1.82) is 0 Å². The van der Waals surface area contributed by atoms with Crippen molar-refractivity contribution in [3.8, 4) is 17.2 Å². The molecule has 7 nitrogen and oxygen atoms in total. The van der Waals surface area contributed by atoms with Crippen molar-refractivity contribution in [3.63, 3.8) is 0 Å². The van der Waals surface area contributed by atoms with Crippen LogP contribution in [0.2, 0.25) is 0 Å². The monoisotopic (exact) mass is 408 g/mol. The number of carbonyl (C=O) groups is 1. The summed E-state index contributed by atoms with van der Waals surface area (Å²) in [7, 11) is 1.24. The van der Waals surface area contributed by atoms with Crippen LogP contribution in [-0.4, -0.2) is 28.2 Å². The van der Waals surface area contributed by atoms with Crippen molar-refractivity contribution >= 4 is 11.6 Å². The Balaban J connectivity index is 2.01. The zero-order valence-electron chi connectivity index (χ0n) is 14.7. The van der Waals surface area contributed by atoms with Crippen LogP contribution in [-0.2, 0) is 6.18 Å². The minimum absolute atomic E-state index is 0.0694. The molecule has 29 heavy (non-hydrogen) atoms. The van der Waals surface area contributed by atoms with Gasteiger partial charge in [-0.05, 0) is 18.2 Å². The number of benzene rings is 1. The van der Waals surface area contributed by atoms with Crippen LogP contribution < -0.4 is 14.8 Å². The standard InChI is InChI=1S/C18H12F4N4O3/c1-28-15-6-10(19)2-3-13(15)29-14-7-16(18(20,21)22)23-9-12(14)17(27)26-11-4-5-24-25-8-11/h2-9H,1H3,(H,24,26,27). The van der Waals surface area contributed by atoms with E-state index in [-0.39, 0.29) is 22.7 Å². The summed E-state index contributed by atoms with van der Waals surface area (Å²) in [6.45, 7) is 0. The Labute approximate surface area is 161 Å². The Morgan fingerprint density at radius 2 is 1.83 bits per heavy atom. The predicted molar refractivity (Wildman–Crippen MR) is 92.3 cm³/mol. The van der Waals surface area contributed by atoms with E-state index in [4.69, 9.17) is 9.47 Å². The molecule has 0 atom stereocenters. The quantitative estimate of drug-likeness (QED) is 0.641. The third kappa shape index (κ3) is 4.75. The van der Waals surface area contributed by atoms with Crippen LogP contribution >= 0.6 is 0 Å². The number of hydrogen-bond acceptors (Lipinski definition) is 6. The summed E-state index contributed by atoms with van der Waals surface area (Å²) in [5, 5.41) is 9.59. The summed E-state index contributed by atoms with van der Waals surface area (Å²) in [4.78, 5) is 15.8. The van der Waals surface area contributed by atoms with Gasteiger partial charge in [-0.25, -0.2) is 4.39 Å². The number of methoxy groups -OCH3 is 1. The highest BCUT2D eigenvalue weighted by atomic mass is 19.4. The molecule has 2 heterocycles. The number of amides is 1. The van der Waals surface area contributed by atoms with Gasteiger partial charge in [0, 0.05) is 18.3 Å². The van der Waals surface area contributed by atoms with Crippen molar-refractivity contribution in [2.24, 2.45) is 0 Å². The topological polar surface area (TPSA) is 86.2 Å². The fourth-order valence-corrected chi connectivity index (χ4v) is 2.25. The second-order valence-corrected chi connectivity index (χ2v) is 5.55. The average Bonchev–Trinajstić information content (AvgIpc) is 2.69. The number of pyridine rings is 1. The molecular formula is C18H12F4N4O3. The SMILES string of the molecule is COc1cc(F)ccc1Oc1cc(C(F)(F)F)ncc1C(=O)Nc1ccnnc1. The Kier molecular flexibility index (Phi) is 5.57. The summed E-state index contributed by atoms with van der Waals surface area (Å²) in [6.07, 6.45) is -1.46. The number of ether oxygens (including phenoxy) is 2. The molecule has 0 fully saturated rings. The summed E-state index contributed by atoms with van der Waals surface area (Å²) >= 11 is 0. The maximum atomic E-state index is 13.4. The number of carbonyl (C=O) groups excluding carboxylic acids is 1. The van der Waals surface area contributed by atoms with E-state index in [2.05, 4.69) is 20.5 Å². The Bertz CT molecular complexity index is 1030. The Morgan fingerprint density at radius 3 is 2.48 bits per heavy atom. The minimum Gasteiger partial charge on any atom is -0.493 e. The molecule has 3 aromatic rings. The molecular weight excluding hydrogens is 396 g/mol. The molecule has 0 saturated heterocycles. The van der Waals surface area contributed by atoms with E-state index in [0.717, 1.165) is 24.4 Å². The molecule has 0 aliphatic carbocycles. The van der Waals surface area contributed by atoms with Crippen molar-refractivity contribution in [2.75, 3.05) is 12.4 Å². The molecule has 150 valence electrons. The lowest BCUT2D eigenvalue weighted by molar-refractivity contribution is -0.141. The zero-order chi connectivity index (χ0) is 21.0. The van der Waals surface area contributed by atoms with Crippen LogP contribution in [0.15, 0.2) is 48.9 Å². The highest BCUT2D eigenvalue weighted by Gasteiger charge is 2.34. The van der Waals surface area contributed by atoms with Gasteiger partial charge in [-0.1, -0.05) is 0 Å². The second-order valence-electron chi connectivity index (χ2n) is 5.55. The molecule has 11 heteroatoms. The van der Waals surface area contributed by atoms with Crippen molar-refractivity contribution < 1.29 is 31.8 Å². The molecule has 0 unspecified atom stereocenters. The van der Waals surface area contributed by atoms with Gasteiger partial charge in [0.15, 0.2) is 11.5 Å². The van der Waals surface area contributed by atoms with Gasteiger partial charge in [0.1, 0.15) is 22.8 Å².